The first kappa shape index (κ1) is 12.4. The molecule has 0 aliphatic carbocycles. The molecule has 2 rings (SSSR count). The van der Waals surface area contributed by atoms with Crippen LogP contribution in [-0.2, 0) is 20.1 Å². The summed E-state index contributed by atoms with van der Waals surface area (Å²) >= 11 is 0. The monoisotopic (exact) mass is 250 g/mol. The molecule has 0 spiro atoms. The lowest BCUT2D eigenvalue weighted by Crippen LogP contribution is -2.10. The molecular formula is C12H14N2O4. The molecule has 0 unspecified atom stereocenters. The molecule has 6 heteroatoms. The van der Waals surface area contributed by atoms with E-state index >= 15 is 0 Å². The first-order valence-corrected chi connectivity index (χ1v) is 5.52. The van der Waals surface area contributed by atoms with Gasteiger partial charge in [-0.2, -0.15) is 5.10 Å². The van der Waals surface area contributed by atoms with Gasteiger partial charge in [-0.25, -0.2) is 0 Å². The summed E-state index contributed by atoms with van der Waals surface area (Å²) in [6.07, 6.45) is 5.52. The largest absolute Gasteiger partial charge is 0.486 e. The molecule has 0 aliphatic heterocycles. The second-order valence-electron chi connectivity index (χ2n) is 3.85. The van der Waals surface area contributed by atoms with Crippen molar-refractivity contribution in [3.63, 3.8) is 0 Å². The summed E-state index contributed by atoms with van der Waals surface area (Å²) in [6.45, 7) is 0.0696. The third-order valence-corrected chi connectivity index (χ3v) is 2.41. The van der Waals surface area contributed by atoms with Crippen LogP contribution < -0.4 is 10.2 Å². The number of aliphatic hydroxyl groups is 1. The molecule has 0 amide bonds. The minimum atomic E-state index is -0.300. The van der Waals surface area contributed by atoms with Crippen LogP contribution >= 0.6 is 0 Å². The van der Waals surface area contributed by atoms with Crippen LogP contribution in [0, 0.1) is 0 Å². The van der Waals surface area contributed by atoms with Crippen LogP contribution in [0.1, 0.15) is 11.3 Å². The van der Waals surface area contributed by atoms with Crippen molar-refractivity contribution < 1.29 is 14.3 Å². The molecule has 96 valence electrons. The first-order valence-electron chi connectivity index (χ1n) is 5.52. The predicted molar refractivity (Wildman–Crippen MR) is 63.3 cm³/mol. The maximum atomic E-state index is 11.5. The molecule has 0 aromatic carbocycles. The van der Waals surface area contributed by atoms with Crippen LogP contribution in [0.3, 0.4) is 0 Å². The Morgan fingerprint density at radius 1 is 1.56 bits per heavy atom. The van der Waals surface area contributed by atoms with E-state index in [9.17, 15) is 4.79 Å². The molecule has 6 nitrogen and oxygen atoms in total. The zero-order chi connectivity index (χ0) is 13.0. The van der Waals surface area contributed by atoms with Gasteiger partial charge in [0.25, 0.3) is 0 Å². The highest BCUT2D eigenvalue weighted by atomic mass is 16.5. The van der Waals surface area contributed by atoms with Crippen molar-refractivity contribution in [2.75, 3.05) is 6.61 Å². The van der Waals surface area contributed by atoms with Gasteiger partial charge in [0.05, 0.1) is 12.8 Å². The molecule has 0 aliphatic rings. The first-order chi connectivity index (χ1) is 8.69. The minimum absolute atomic E-state index is 0.149. The van der Waals surface area contributed by atoms with E-state index in [1.165, 1.54) is 12.3 Å². The number of aliphatic hydroxyl groups excluding tert-OH is 1. The van der Waals surface area contributed by atoms with Gasteiger partial charge in [0, 0.05) is 25.7 Å². The summed E-state index contributed by atoms with van der Waals surface area (Å²) in [6, 6.07) is 1.22. The van der Waals surface area contributed by atoms with Gasteiger partial charge in [-0.3, -0.25) is 9.48 Å². The van der Waals surface area contributed by atoms with Gasteiger partial charge >= 0.3 is 0 Å². The third kappa shape index (κ3) is 2.98. The van der Waals surface area contributed by atoms with Gasteiger partial charge in [0.15, 0.2) is 0 Å². The standard InChI is InChI=1S/C12H14N2O4/c1-14-6-9(5-13-14)2-3-17-12-8-18-10(7-15)4-11(12)16/h4-6,8,15H,2-3,7H2,1H3. The zero-order valence-electron chi connectivity index (χ0n) is 10.00. The van der Waals surface area contributed by atoms with E-state index in [1.807, 2.05) is 13.2 Å². The van der Waals surface area contributed by atoms with E-state index in [4.69, 9.17) is 14.3 Å². The molecular weight excluding hydrogens is 236 g/mol. The van der Waals surface area contributed by atoms with E-state index in [0.29, 0.717) is 13.0 Å². The summed E-state index contributed by atoms with van der Waals surface area (Å²) < 4.78 is 12.0. The number of aryl methyl sites for hydroxylation is 1. The highest BCUT2D eigenvalue weighted by Gasteiger charge is 2.04. The van der Waals surface area contributed by atoms with Gasteiger partial charge in [-0.1, -0.05) is 0 Å². The SMILES string of the molecule is Cn1cc(CCOc2coc(CO)cc2=O)cn1. The smallest absolute Gasteiger partial charge is 0.227 e. The maximum Gasteiger partial charge on any atom is 0.227 e. The summed E-state index contributed by atoms with van der Waals surface area (Å²) in [4.78, 5) is 11.5. The second-order valence-corrected chi connectivity index (χ2v) is 3.85. The minimum Gasteiger partial charge on any atom is -0.486 e. The van der Waals surface area contributed by atoms with Gasteiger partial charge in [0.2, 0.25) is 11.2 Å². The van der Waals surface area contributed by atoms with Crippen LogP contribution in [0.2, 0.25) is 0 Å². The van der Waals surface area contributed by atoms with E-state index in [0.717, 1.165) is 5.56 Å². The van der Waals surface area contributed by atoms with E-state index in [1.54, 1.807) is 10.9 Å². The topological polar surface area (TPSA) is 77.5 Å². The highest BCUT2D eigenvalue weighted by Crippen LogP contribution is 2.07. The van der Waals surface area contributed by atoms with Crippen LogP contribution in [0.5, 0.6) is 5.75 Å². The quantitative estimate of drug-likeness (QED) is 0.835. The van der Waals surface area contributed by atoms with E-state index in [2.05, 4.69) is 5.10 Å². The fourth-order valence-corrected chi connectivity index (χ4v) is 1.51. The fourth-order valence-electron chi connectivity index (χ4n) is 1.51. The molecule has 18 heavy (non-hydrogen) atoms. The molecule has 2 aromatic rings. The van der Waals surface area contributed by atoms with Gasteiger partial charge < -0.3 is 14.3 Å². The number of ether oxygens (including phenoxy) is 1. The summed E-state index contributed by atoms with van der Waals surface area (Å²) in [5.41, 5.74) is 0.741. The van der Waals surface area contributed by atoms with E-state index in [-0.39, 0.29) is 23.5 Å². The molecule has 0 radical (unpaired) electrons. The maximum absolute atomic E-state index is 11.5. The molecule has 2 heterocycles. The summed E-state index contributed by atoms with van der Waals surface area (Å²) in [5.74, 6) is 0.371. The Balaban J connectivity index is 1.92. The predicted octanol–water partition coefficient (Wildman–Crippen LogP) is 0.487. The fraction of sp³-hybridized carbons (Fsp3) is 0.333. The zero-order valence-corrected chi connectivity index (χ0v) is 10.00. The average Bonchev–Trinajstić information content (AvgIpc) is 2.77. The lowest BCUT2D eigenvalue weighted by molar-refractivity contribution is 0.237. The third-order valence-electron chi connectivity index (χ3n) is 2.41. The number of hydrogen-bond donors (Lipinski definition) is 1. The normalized spacial score (nSPS) is 10.6. The molecule has 0 saturated carbocycles. The molecule has 1 N–H and O–H groups in total. The van der Waals surface area contributed by atoms with Gasteiger partial charge in [-0.15, -0.1) is 0 Å². The van der Waals surface area contributed by atoms with Crippen LogP contribution in [0.4, 0.5) is 0 Å². The van der Waals surface area contributed by atoms with Crippen molar-refractivity contribution in [3.8, 4) is 5.75 Å². The molecule has 0 saturated heterocycles. The van der Waals surface area contributed by atoms with Crippen molar-refractivity contribution in [3.05, 3.63) is 46.3 Å². The highest BCUT2D eigenvalue weighted by molar-refractivity contribution is 5.17. The lowest BCUT2D eigenvalue weighted by atomic mass is 10.3. The molecule has 2 aromatic heterocycles. The van der Waals surface area contributed by atoms with Gasteiger partial charge in [0.1, 0.15) is 18.6 Å². The Kier molecular flexibility index (Phi) is 3.78. The molecule has 0 bridgehead atoms. The number of rotatable bonds is 5. The summed E-state index contributed by atoms with van der Waals surface area (Å²) in [5, 5.41) is 12.8. The molecule has 0 atom stereocenters. The van der Waals surface area contributed by atoms with Crippen LogP contribution in [-0.4, -0.2) is 21.5 Å². The van der Waals surface area contributed by atoms with Crippen molar-refractivity contribution in [2.24, 2.45) is 7.05 Å². The molecule has 0 fully saturated rings. The Bertz CT molecular complexity index is 573. The van der Waals surface area contributed by atoms with Crippen molar-refractivity contribution >= 4 is 0 Å². The van der Waals surface area contributed by atoms with Crippen molar-refractivity contribution in [1.82, 2.24) is 9.78 Å². The Hall–Kier alpha value is -2.08. The number of nitrogens with zero attached hydrogens (tertiary/aromatic N) is 2. The average molecular weight is 250 g/mol. The summed E-state index contributed by atoms with van der Waals surface area (Å²) in [7, 11) is 1.84. The van der Waals surface area contributed by atoms with Crippen molar-refractivity contribution in [1.29, 1.82) is 0 Å². The van der Waals surface area contributed by atoms with Crippen LogP contribution in [0.25, 0.3) is 0 Å². The Morgan fingerprint density at radius 2 is 2.39 bits per heavy atom. The van der Waals surface area contributed by atoms with Gasteiger partial charge in [-0.05, 0) is 5.56 Å². The van der Waals surface area contributed by atoms with Crippen LogP contribution in [0.15, 0.2) is 33.9 Å². The van der Waals surface area contributed by atoms with E-state index < -0.39 is 0 Å². The Morgan fingerprint density at radius 3 is 3.00 bits per heavy atom. The number of aromatic nitrogens is 2. The number of hydrogen-bond acceptors (Lipinski definition) is 5. The second kappa shape index (κ2) is 5.50. The Labute approximate surface area is 103 Å². The lowest BCUT2D eigenvalue weighted by Gasteiger charge is -2.04. The van der Waals surface area contributed by atoms with Crippen molar-refractivity contribution in [2.45, 2.75) is 13.0 Å².